The minimum atomic E-state index is 0.584. The minimum Gasteiger partial charge on any atom is -0.306 e. The van der Waals surface area contributed by atoms with Crippen LogP contribution in [0.15, 0.2) is 36.4 Å². The molecule has 1 heterocycles. The van der Waals surface area contributed by atoms with E-state index < -0.39 is 0 Å². The van der Waals surface area contributed by atoms with Gasteiger partial charge in [0.05, 0.1) is 0 Å². The van der Waals surface area contributed by atoms with Gasteiger partial charge in [-0.15, -0.1) is 0 Å². The highest BCUT2D eigenvalue weighted by Crippen LogP contribution is 2.37. The molecule has 13 heavy (non-hydrogen) atoms. The average molecular weight is 171 g/mol. The van der Waals surface area contributed by atoms with Gasteiger partial charge in [-0.25, -0.2) is 0 Å². The Morgan fingerprint density at radius 3 is 3.15 bits per heavy atom. The molecule has 1 aromatic rings. The lowest BCUT2D eigenvalue weighted by molar-refractivity contribution is 0.452. The molecule has 0 saturated heterocycles. The topological polar surface area (TPSA) is 12.0 Å². The first kappa shape index (κ1) is 7.34. The summed E-state index contributed by atoms with van der Waals surface area (Å²) >= 11 is 0. The molecule has 1 heteroatoms. The summed E-state index contributed by atoms with van der Waals surface area (Å²) in [6.45, 7) is 1.02. The average Bonchev–Trinajstić information content (AvgIpc) is 2.56. The van der Waals surface area contributed by atoms with Gasteiger partial charge in [0, 0.05) is 18.5 Å². The van der Waals surface area contributed by atoms with Gasteiger partial charge >= 0.3 is 0 Å². The summed E-state index contributed by atoms with van der Waals surface area (Å²) in [5.74, 6) is 0.700. The Morgan fingerprint density at radius 2 is 2.15 bits per heavy atom. The third kappa shape index (κ3) is 1.04. The molecule has 1 aliphatic carbocycles. The highest BCUT2D eigenvalue weighted by molar-refractivity contribution is 5.38. The quantitative estimate of drug-likeness (QED) is 0.589. The number of benzene rings is 1. The van der Waals surface area contributed by atoms with Crippen LogP contribution in [-0.4, -0.2) is 6.54 Å². The summed E-state index contributed by atoms with van der Waals surface area (Å²) in [4.78, 5) is 0. The first-order valence-corrected chi connectivity index (χ1v) is 4.93. The highest BCUT2D eigenvalue weighted by atomic mass is 14.9. The lowest BCUT2D eigenvalue weighted by Gasteiger charge is -2.22. The van der Waals surface area contributed by atoms with E-state index in [1.165, 1.54) is 17.5 Å². The van der Waals surface area contributed by atoms with Crippen molar-refractivity contribution in [3.05, 3.63) is 47.5 Å². The second-order valence-electron chi connectivity index (χ2n) is 3.88. The van der Waals surface area contributed by atoms with E-state index >= 15 is 0 Å². The van der Waals surface area contributed by atoms with Crippen molar-refractivity contribution in [2.24, 2.45) is 5.92 Å². The van der Waals surface area contributed by atoms with E-state index in [1.54, 1.807) is 0 Å². The molecule has 0 radical (unpaired) electrons. The Hall–Kier alpha value is -1.08. The van der Waals surface area contributed by atoms with Crippen LogP contribution in [0.25, 0.3) is 0 Å². The Bertz CT molecular complexity index is 354. The number of hydrogen-bond donors (Lipinski definition) is 1. The van der Waals surface area contributed by atoms with Crippen molar-refractivity contribution in [1.82, 2.24) is 5.32 Å². The molecule has 0 bridgehead atoms. The second-order valence-corrected chi connectivity index (χ2v) is 3.88. The lowest BCUT2D eigenvalue weighted by Crippen LogP contribution is -2.27. The second kappa shape index (κ2) is 2.71. The zero-order chi connectivity index (χ0) is 8.67. The van der Waals surface area contributed by atoms with Gasteiger partial charge in [-0.05, 0) is 17.5 Å². The van der Waals surface area contributed by atoms with Crippen LogP contribution >= 0.6 is 0 Å². The molecule has 2 unspecified atom stereocenters. The van der Waals surface area contributed by atoms with Crippen LogP contribution in [0.1, 0.15) is 17.2 Å². The van der Waals surface area contributed by atoms with Gasteiger partial charge in [0.15, 0.2) is 0 Å². The van der Waals surface area contributed by atoms with Crippen LogP contribution in [-0.2, 0) is 6.42 Å². The fraction of sp³-hybridized carbons (Fsp3) is 0.333. The summed E-state index contributed by atoms with van der Waals surface area (Å²) in [5, 5.41) is 3.55. The number of rotatable bonds is 0. The number of fused-ring (bicyclic) bond motifs is 3. The van der Waals surface area contributed by atoms with E-state index in [0.29, 0.717) is 12.0 Å². The Balaban J connectivity index is 2.07. The van der Waals surface area contributed by atoms with Gasteiger partial charge in [0.1, 0.15) is 0 Å². The van der Waals surface area contributed by atoms with Crippen molar-refractivity contribution < 1.29 is 0 Å². The predicted molar refractivity (Wildman–Crippen MR) is 53.5 cm³/mol. The van der Waals surface area contributed by atoms with E-state index in [4.69, 9.17) is 0 Å². The molecule has 0 spiro atoms. The highest BCUT2D eigenvalue weighted by Gasteiger charge is 2.30. The van der Waals surface area contributed by atoms with Gasteiger partial charge in [0.25, 0.3) is 0 Å². The monoisotopic (exact) mass is 171 g/mol. The van der Waals surface area contributed by atoms with E-state index in [1.807, 2.05) is 0 Å². The van der Waals surface area contributed by atoms with Crippen LogP contribution in [0.5, 0.6) is 0 Å². The zero-order valence-electron chi connectivity index (χ0n) is 7.53. The van der Waals surface area contributed by atoms with Gasteiger partial charge in [-0.3, -0.25) is 0 Å². The molecular formula is C12H13N. The normalized spacial score (nSPS) is 29.8. The Labute approximate surface area is 78.5 Å². The molecule has 2 atom stereocenters. The van der Waals surface area contributed by atoms with Crippen molar-refractivity contribution in [3.63, 3.8) is 0 Å². The van der Waals surface area contributed by atoms with Crippen LogP contribution < -0.4 is 5.32 Å². The standard InChI is InChI=1S/C12H13N/c1-2-6-11-9(4-1)8-10-5-3-7-13-12(10)11/h1-6,10,12-13H,7-8H2. The molecule has 0 aromatic heterocycles. The van der Waals surface area contributed by atoms with Crippen molar-refractivity contribution in [1.29, 1.82) is 0 Å². The Kier molecular flexibility index (Phi) is 1.53. The van der Waals surface area contributed by atoms with Crippen LogP contribution in [0.2, 0.25) is 0 Å². The first-order chi connectivity index (χ1) is 6.45. The first-order valence-electron chi connectivity index (χ1n) is 4.93. The maximum absolute atomic E-state index is 3.55. The fourth-order valence-corrected chi connectivity index (χ4v) is 2.50. The molecule has 1 nitrogen and oxygen atoms in total. The van der Waals surface area contributed by atoms with Gasteiger partial charge in [-0.2, -0.15) is 0 Å². The Morgan fingerprint density at radius 1 is 1.23 bits per heavy atom. The lowest BCUT2D eigenvalue weighted by atomic mass is 9.97. The summed E-state index contributed by atoms with van der Waals surface area (Å²) in [5.41, 5.74) is 3.04. The van der Waals surface area contributed by atoms with Crippen LogP contribution in [0, 0.1) is 5.92 Å². The maximum Gasteiger partial charge on any atom is 0.0392 e. The molecule has 1 aromatic carbocycles. The van der Waals surface area contributed by atoms with Gasteiger partial charge in [-0.1, -0.05) is 36.4 Å². The number of hydrogen-bond acceptors (Lipinski definition) is 1. The minimum absolute atomic E-state index is 0.584. The molecule has 66 valence electrons. The summed E-state index contributed by atoms with van der Waals surface area (Å²) in [6.07, 6.45) is 5.82. The smallest absolute Gasteiger partial charge is 0.0392 e. The van der Waals surface area contributed by atoms with Crippen LogP contribution in [0.4, 0.5) is 0 Å². The summed E-state index contributed by atoms with van der Waals surface area (Å²) in [7, 11) is 0. The third-order valence-corrected chi connectivity index (χ3v) is 3.11. The van der Waals surface area contributed by atoms with Crippen LogP contribution in [0.3, 0.4) is 0 Å². The van der Waals surface area contributed by atoms with Crippen molar-refractivity contribution in [2.75, 3.05) is 6.54 Å². The van der Waals surface area contributed by atoms with E-state index in [0.717, 1.165) is 6.54 Å². The van der Waals surface area contributed by atoms with Crippen molar-refractivity contribution in [3.8, 4) is 0 Å². The summed E-state index contributed by atoms with van der Waals surface area (Å²) in [6, 6.07) is 9.37. The maximum atomic E-state index is 3.55. The molecule has 0 fully saturated rings. The SMILES string of the molecule is C1=CC2Cc3ccccc3C2NC1. The largest absolute Gasteiger partial charge is 0.306 e. The summed E-state index contributed by atoms with van der Waals surface area (Å²) < 4.78 is 0. The van der Waals surface area contributed by atoms with Gasteiger partial charge in [0.2, 0.25) is 0 Å². The molecular weight excluding hydrogens is 158 g/mol. The predicted octanol–water partition coefficient (Wildman–Crippen LogP) is 2.06. The van der Waals surface area contributed by atoms with E-state index in [-0.39, 0.29) is 0 Å². The molecule has 0 saturated carbocycles. The molecule has 3 rings (SSSR count). The fourth-order valence-electron chi connectivity index (χ4n) is 2.50. The molecule has 2 aliphatic rings. The number of nitrogens with one attached hydrogen (secondary N) is 1. The molecule has 1 aliphatic heterocycles. The third-order valence-electron chi connectivity index (χ3n) is 3.11. The van der Waals surface area contributed by atoms with Crippen molar-refractivity contribution >= 4 is 0 Å². The van der Waals surface area contributed by atoms with Crippen molar-refractivity contribution in [2.45, 2.75) is 12.5 Å². The van der Waals surface area contributed by atoms with E-state index in [2.05, 4.69) is 41.7 Å². The zero-order valence-corrected chi connectivity index (χ0v) is 7.53. The van der Waals surface area contributed by atoms with E-state index in [9.17, 15) is 0 Å². The molecule has 1 N–H and O–H groups in total. The molecule has 0 amide bonds. The van der Waals surface area contributed by atoms with Gasteiger partial charge < -0.3 is 5.32 Å².